The molecule has 0 atom stereocenters. The summed E-state index contributed by atoms with van der Waals surface area (Å²) >= 11 is 1.50. The Morgan fingerprint density at radius 3 is 2.55 bits per heavy atom. The molecule has 1 heterocycles. The Morgan fingerprint density at radius 1 is 1.06 bits per heavy atom. The molecule has 1 saturated heterocycles. The molecule has 164 valence electrons. The number of benzene rings is 2. The molecule has 7 nitrogen and oxygen atoms in total. The zero-order chi connectivity index (χ0) is 22.2. The maximum atomic E-state index is 12.8. The molecule has 1 fully saturated rings. The molecule has 31 heavy (non-hydrogen) atoms. The lowest BCUT2D eigenvalue weighted by molar-refractivity contribution is -0.136. The number of nitrogens with one attached hydrogen (secondary N) is 1. The van der Waals surface area contributed by atoms with Gasteiger partial charge in [0.15, 0.2) is 0 Å². The Morgan fingerprint density at radius 2 is 1.84 bits per heavy atom. The van der Waals surface area contributed by atoms with Crippen molar-refractivity contribution < 1.29 is 19.5 Å². The van der Waals surface area contributed by atoms with E-state index in [0.717, 1.165) is 37.2 Å². The van der Waals surface area contributed by atoms with Crippen molar-refractivity contribution in [3.8, 4) is 0 Å². The minimum Gasteiger partial charge on any atom is -0.481 e. The first kappa shape index (κ1) is 22.7. The van der Waals surface area contributed by atoms with E-state index in [-0.39, 0.29) is 17.9 Å². The van der Waals surface area contributed by atoms with Crippen LogP contribution in [0.15, 0.2) is 42.5 Å². The topological polar surface area (TPSA) is 113 Å². The average molecular weight is 442 g/mol. The third-order valence-corrected chi connectivity index (χ3v) is 6.19. The van der Waals surface area contributed by atoms with Crippen molar-refractivity contribution in [3.63, 3.8) is 0 Å². The summed E-state index contributed by atoms with van der Waals surface area (Å²) in [5.74, 6) is -0.608. The third-order valence-electron chi connectivity index (χ3n) is 5.16. The average Bonchev–Trinajstić information content (AvgIpc) is 2.77. The lowest BCUT2D eigenvalue weighted by atomic mass is 10.1. The number of carbonyl (C=O) groups is 3. The molecule has 3 rings (SSSR count). The Kier molecular flexibility index (Phi) is 7.94. The number of carboxylic acid groups (broad SMARTS) is 1. The molecular weight excluding hydrogens is 414 g/mol. The number of hydrogen-bond donors (Lipinski definition) is 3. The summed E-state index contributed by atoms with van der Waals surface area (Å²) in [5, 5.41) is 11.5. The molecule has 0 aromatic heterocycles. The van der Waals surface area contributed by atoms with Crippen molar-refractivity contribution in [1.82, 2.24) is 0 Å². The predicted molar refractivity (Wildman–Crippen MR) is 124 cm³/mol. The highest BCUT2D eigenvalue weighted by molar-refractivity contribution is 7.98. The van der Waals surface area contributed by atoms with E-state index in [1.165, 1.54) is 18.2 Å². The van der Waals surface area contributed by atoms with E-state index in [4.69, 9.17) is 10.8 Å². The second-order valence-electron chi connectivity index (χ2n) is 7.49. The predicted octanol–water partition coefficient (Wildman–Crippen LogP) is 3.74. The van der Waals surface area contributed by atoms with Crippen LogP contribution >= 0.6 is 11.8 Å². The lowest BCUT2D eigenvalue weighted by Gasteiger charge is -2.29. The number of carboxylic acids is 1. The molecule has 0 spiro atoms. The van der Waals surface area contributed by atoms with Crippen LogP contribution in [-0.4, -0.2) is 41.7 Å². The monoisotopic (exact) mass is 441 g/mol. The summed E-state index contributed by atoms with van der Waals surface area (Å²) in [7, 11) is 0. The second kappa shape index (κ2) is 10.9. The van der Waals surface area contributed by atoms with Gasteiger partial charge < -0.3 is 21.1 Å². The van der Waals surface area contributed by atoms with Gasteiger partial charge in [-0.3, -0.25) is 14.4 Å². The largest absolute Gasteiger partial charge is 0.481 e. The van der Waals surface area contributed by atoms with Gasteiger partial charge in [0.1, 0.15) is 0 Å². The summed E-state index contributed by atoms with van der Waals surface area (Å²) in [6, 6.07) is 12.5. The lowest BCUT2D eigenvalue weighted by Crippen LogP contribution is -2.29. The molecular formula is C23H27N3O4S. The molecule has 1 aliphatic heterocycles. The zero-order valence-corrected chi connectivity index (χ0v) is 18.1. The normalized spacial score (nSPS) is 13.6. The first-order chi connectivity index (χ1) is 14.9. The number of anilines is 2. The SMILES string of the molecule is NC(=O)c1cc(N2CCCCC2)ccc1NC(=O)c1cccc(CSCCC(=O)O)c1. The molecule has 2 amide bonds. The van der Waals surface area contributed by atoms with Gasteiger partial charge in [0, 0.05) is 35.8 Å². The number of nitrogens with two attached hydrogens (primary N) is 1. The quantitative estimate of drug-likeness (QED) is 0.511. The number of carbonyl (C=O) groups excluding carboxylic acids is 2. The minimum absolute atomic E-state index is 0.105. The number of piperidine rings is 1. The van der Waals surface area contributed by atoms with Crippen molar-refractivity contribution in [3.05, 3.63) is 59.2 Å². The van der Waals surface area contributed by atoms with Crippen LogP contribution in [0.5, 0.6) is 0 Å². The molecule has 2 aromatic rings. The van der Waals surface area contributed by atoms with E-state index in [1.54, 1.807) is 30.3 Å². The standard InChI is InChI=1S/C23H27N3O4S/c24-22(29)19-14-18(26-10-2-1-3-11-26)7-8-20(19)25-23(30)17-6-4-5-16(13-17)15-31-12-9-21(27)28/h4-8,13-14H,1-3,9-12,15H2,(H2,24,29)(H,25,30)(H,27,28). The molecule has 0 saturated carbocycles. The van der Waals surface area contributed by atoms with Crippen molar-refractivity contribution >= 4 is 40.9 Å². The van der Waals surface area contributed by atoms with E-state index in [2.05, 4.69) is 10.2 Å². The summed E-state index contributed by atoms with van der Waals surface area (Å²) in [4.78, 5) is 37.7. The first-order valence-electron chi connectivity index (χ1n) is 10.3. The van der Waals surface area contributed by atoms with Gasteiger partial charge in [-0.05, 0) is 55.2 Å². The van der Waals surface area contributed by atoms with E-state index < -0.39 is 11.9 Å². The van der Waals surface area contributed by atoms with Gasteiger partial charge in [-0.15, -0.1) is 0 Å². The molecule has 2 aromatic carbocycles. The van der Waals surface area contributed by atoms with Gasteiger partial charge in [0.25, 0.3) is 11.8 Å². The summed E-state index contributed by atoms with van der Waals surface area (Å²) < 4.78 is 0. The van der Waals surface area contributed by atoms with Crippen LogP contribution in [0.3, 0.4) is 0 Å². The van der Waals surface area contributed by atoms with Crippen LogP contribution in [0.1, 0.15) is 52.0 Å². The fraction of sp³-hybridized carbons (Fsp3) is 0.348. The number of thioether (sulfide) groups is 1. The van der Waals surface area contributed by atoms with Crippen molar-refractivity contribution in [1.29, 1.82) is 0 Å². The van der Waals surface area contributed by atoms with Gasteiger partial charge >= 0.3 is 5.97 Å². The van der Waals surface area contributed by atoms with Crippen LogP contribution < -0.4 is 16.0 Å². The Balaban J connectivity index is 1.70. The van der Waals surface area contributed by atoms with Crippen LogP contribution in [0.4, 0.5) is 11.4 Å². The van der Waals surface area contributed by atoms with Gasteiger partial charge in [-0.2, -0.15) is 11.8 Å². The van der Waals surface area contributed by atoms with Crippen molar-refractivity contribution in [2.75, 3.05) is 29.1 Å². The highest BCUT2D eigenvalue weighted by Crippen LogP contribution is 2.26. The maximum Gasteiger partial charge on any atom is 0.304 e. The van der Waals surface area contributed by atoms with Crippen LogP contribution in [0, 0.1) is 0 Å². The molecule has 0 bridgehead atoms. The summed E-state index contributed by atoms with van der Waals surface area (Å²) in [6.45, 7) is 1.89. The Labute approximate surface area is 186 Å². The van der Waals surface area contributed by atoms with E-state index >= 15 is 0 Å². The Bertz CT molecular complexity index is 958. The van der Waals surface area contributed by atoms with E-state index in [0.29, 0.717) is 22.8 Å². The van der Waals surface area contributed by atoms with Gasteiger partial charge in [-0.25, -0.2) is 0 Å². The maximum absolute atomic E-state index is 12.8. The van der Waals surface area contributed by atoms with Crippen LogP contribution in [0.25, 0.3) is 0 Å². The van der Waals surface area contributed by atoms with Crippen molar-refractivity contribution in [2.45, 2.75) is 31.4 Å². The number of aliphatic carboxylic acids is 1. The minimum atomic E-state index is -0.822. The molecule has 1 aliphatic rings. The second-order valence-corrected chi connectivity index (χ2v) is 8.60. The summed E-state index contributed by atoms with van der Waals surface area (Å²) in [6.07, 6.45) is 3.56. The number of primary amides is 1. The molecule has 8 heteroatoms. The number of amides is 2. The van der Waals surface area contributed by atoms with Crippen LogP contribution in [0.2, 0.25) is 0 Å². The third kappa shape index (κ3) is 6.49. The highest BCUT2D eigenvalue weighted by Gasteiger charge is 2.17. The number of rotatable bonds is 9. The van der Waals surface area contributed by atoms with Gasteiger partial charge in [0.2, 0.25) is 0 Å². The fourth-order valence-electron chi connectivity index (χ4n) is 3.54. The van der Waals surface area contributed by atoms with Crippen LogP contribution in [-0.2, 0) is 10.5 Å². The fourth-order valence-corrected chi connectivity index (χ4v) is 4.42. The molecule has 0 radical (unpaired) electrons. The zero-order valence-electron chi connectivity index (χ0n) is 17.3. The summed E-state index contributed by atoms with van der Waals surface area (Å²) in [5.41, 5.74) is 8.60. The molecule has 4 N–H and O–H groups in total. The smallest absolute Gasteiger partial charge is 0.304 e. The Hall–Kier alpha value is -3.00. The van der Waals surface area contributed by atoms with Gasteiger partial charge in [0.05, 0.1) is 17.7 Å². The first-order valence-corrected chi connectivity index (χ1v) is 11.5. The molecule has 0 aliphatic carbocycles. The molecule has 0 unspecified atom stereocenters. The number of nitrogens with zero attached hydrogens (tertiary/aromatic N) is 1. The highest BCUT2D eigenvalue weighted by atomic mass is 32.2. The van der Waals surface area contributed by atoms with E-state index in [9.17, 15) is 14.4 Å². The van der Waals surface area contributed by atoms with Crippen molar-refractivity contribution in [2.24, 2.45) is 5.73 Å². The van der Waals surface area contributed by atoms with E-state index in [1.807, 2.05) is 12.1 Å². The van der Waals surface area contributed by atoms with Gasteiger partial charge in [-0.1, -0.05) is 12.1 Å². The number of hydrogen-bond acceptors (Lipinski definition) is 5.